The van der Waals surface area contributed by atoms with E-state index in [1.807, 2.05) is 18.3 Å². The van der Waals surface area contributed by atoms with Gasteiger partial charge < -0.3 is 10.6 Å². The van der Waals surface area contributed by atoms with Crippen molar-refractivity contribution in [2.75, 3.05) is 18.8 Å². The Balaban J connectivity index is 1.82. The second kappa shape index (κ2) is 4.85. The minimum absolute atomic E-state index is 0.524. The van der Waals surface area contributed by atoms with E-state index in [0.29, 0.717) is 12.1 Å². The molecule has 0 radical (unpaired) electrons. The SMILES string of the molecule is CC(C)N1CCC(n2ncc3cc(N)ccc32)CC1. The molecule has 4 nitrogen and oxygen atoms in total. The van der Waals surface area contributed by atoms with Crippen LogP contribution in [0.15, 0.2) is 24.4 Å². The third-order valence-corrected chi connectivity index (χ3v) is 4.19. The van der Waals surface area contributed by atoms with Gasteiger partial charge in [-0.1, -0.05) is 0 Å². The van der Waals surface area contributed by atoms with Gasteiger partial charge in [-0.2, -0.15) is 5.10 Å². The Hall–Kier alpha value is -1.55. The summed E-state index contributed by atoms with van der Waals surface area (Å²) in [7, 11) is 0. The molecule has 0 bridgehead atoms. The molecule has 1 aromatic heterocycles. The van der Waals surface area contributed by atoms with Gasteiger partial charge in [0.15, 0.2) is 0 Å². The maximum absolute atomic E-state index is 5.82. The zero-order valence-electron chi connectivity index (χ0n) is 11.7. The minimum atomic E-state index is 0.524. The predicted molar refractivity (Wildman–Crippen MR) is 79.1 cm³/mol. The molecule has 2 N–H and O–H groups in total. The fourth-order valence-electron chi connectivity index (χ4n) is 3.01. The van der Waals surface area contributed by atoms with Crippen molar-refractivity contribution in [3.63, 3.8) is 0 Å². The van der Waals surface area contributed by atoms with E-state index in [4.69, 9.17) is 5.73 Å². The van der Waals surface area contributed by atoms with Gasteiger partial charge in [0.1, 0.15) is 0 Å². The second-order valence-corrected chi connectivity index (χ2v) is 5.77. The number of piperidine rings is 1. The van der Waals surface area contributed by atoms with Gasteiger partial charge in [0.05, 0.1) is 17.8 Å². The summed E-state index contributed by atoms with van der Waals surface area (Å²) < 4.78 is 2.19. The average molecular weight is 258 g/mol. The zero-order chi connectivity index (χ0) is 13.4. The van der Waals surface area contributed by atoms with E-state index in [2.05, 4.69) is 34.6 Å². The number of anilines is 1. The molecule has 0 spiro atoms. The van der Waals surface area contributed by atoms with E-state index in [1.165, 1.54) is 31.4 Å². The Morgan fingerprint density at radius 3 is 2.68 bits per heavy atom. The summed E-state index contributed by atoms with van der Waals surface area (Å²) in [5, 5.41) is 5.72. The Kier molecular flexibility index (Phi) is 3.19. The molecule has 1 fully saturated rings. The lowest BCUT2D eigenvalue weighted by atomic mass is 10.0. The molecule has 0 atom stereocenters. The van der Waals surface area contributed by atoms with E-state index in [1.54, 1.807) is 0 Å². The van der Waals surface area contributed by atoms with Gasteiger partial charge in [-0.15, -0.1) is 0 Å². The fraction of sp³-hybridized carbons (Fsp3) is 0.533. The maximum Gasteiger partial charge on any atom is 0.0687 e. The van der Waals surface area contributed by atoms with Crippen molar-refractivity contribution in [3.05, 3.63) is 24.4 Å². The normalized spacial score (nSPS) is 18.5. The number of nitrogens with two attached hydrogens (primary N) is 1. The molecule has 3 rings (SSSR count). The van der Waals surface area contributed by atoms with Crippen LogP contribution in [0, 0.1) is 0 Å². The number of aromatic nitrogens is 2. The highest BCUT2D eigenvalue weighted by atomic mass is 15.3. The lowest BCUT2D eigenvalue weighted by Gasteiger charge is -2.34. The molecule has 2 aromatic rings. The zero-order valence-corrected chi connectivity index (χ0v) is 11.7. The summed E-state index contributed by atoms with van der Waals surface area (Å²) >= 11 is 0. The molecule has 1 aliphatic heterocycles. The monoisotopic (exact) mass is 258 g/mol. The molecule has 0 saturated carbocycles. The molecule has 0 amide bonds. The van der Waals surface area contributed by atoms with Gasteiger partial charge >= 0.3 is 0 Å². The van der Waals surface area contributed by atoms with Crippen LogP contribution in [0.1, 0.15) is 32.7 Å². The molecule has 0 aliphatic carbocycles. The van der Waals surface area contributed by atoms with Crippen molar-refractivity contribution >= 4 is 16.6 Å². The van der Waals surface area contributed by atoms with Gasteiger partial charge in [0.25, 0.3) is 0 Å². The molecule has 0 unspecified atom stereocenters. The number of hydrogen-bond acceptors (Lipinski definition) is 3. The highest BCUT2D eigenvalue weighted by molar-refractivity contribution is 5.82. The predicted octanol–water partition coefficient (Wildman–Crippen LogP) is 2.66. The summed E-state index contributed by atoms with van der Waals surface area (Å²) in [5.41, 5.74) is 7.83. The van der Waals surface area contributed by atoms with Gasteiger partial charge in [-0.05, 0) is 44.9 Å². The third-order valence-electron chi connectivity index (χ3n) is 4.19. The molecule has 2 heterocycles. The van der Waals surface area contributed by atoms with Crippen molar-refractivity contribution in [2.45, 2.75) is 38.8 Å². The van der Waals surface area contributed by atoms with E-state index in [0.717, 1.165) is 11.1 Å². The first-order chi connectivity index (χ1) is 9.15. The molecule has 4 heteroatoms. The summed E-state index contributed by atoms with van der Waals surface area (Å²) in [6.07, 6.45) is 4.29. The molecular weight excluding hydrogens is 236 g/mol. The molecule has 1 aliphatic rings. The third kappa shape index (κ3) is 2.32. The fourth-order valence-corrected chi connectivity index (χ4v) is 3.01. The Bertz CT molecular complexity index is 565. The summed E-state index contributed by atoms with van der Waals surface area (Å²) in [5.74, 6) is 0. The molecule has 19 heavy (non-hydrogen) atoms. The second-order valence-electron chi connectivity index (χ2n) is 5.77. The van der Waals surface area contributed by atoms with Crippen LogP contribution in [0.4, 0.5) is 5.69 Å². The molecule has 1 saturated heterocycles. The number of benzene rings is 1. The van der Waals surface area contributed by atoms with E-state index < -0.39 is 0 Å². The van der Waals surface area contributed by atoms with Gasteiger partial charge in [0, 0.05) is 30.2 Å². The Morgan fingerprint density at radius 1 is 1.26 bits per heavy atom. The average Bonchev–Trinajstić information content (AvgIpc) is 2.81. The molecular formula is C15H22N4. The van der Waals surface area contributed by atoms with Crippen molar-refractivity contribution in [1.82, 2.24) is 14.7 Å². The minimum Gasteiger partial charge on any atom is -0.399 e. The number of nitrogen functional groups attached to an aromatic ring is 1. The Morgan fingerprint density at radius 2 is 2.00 bits per heavy atom. The number of nitrogens with zero attached hydrogens (tertiary/aromatic N) is 3. The largest absolute Gasteiger partial charge is 0.399 e. The van der Waals surface area contributed by atoms with Gasteiger partial charge in [-0.3, -0.25) is 4.68 Å². The van der Waals surface area contributed by atoms with Crippen LogP contribution in [0.5, 0.6) is 0 Å². The van der Waals surface area contributed by atoms with Crippen molar-refractivity contribution in [3.8, 4) is 0 Å². The summed E-state index contributed by atoms with van der Waals surface area (Å²) in [4.78, 5) is 2.54. The number of hydrogen-bond donors (Lipinski definition) is 1. The van der Waals surface area contributed by atoms with Crippen LogP contribution in [0.2, 0.25) is 0 Å². The van der Waals surface area contributed by atoms with Crippen molar-refractivity contribution < 1.29 is 0 Å². The standard InChI is InChI=1S/C15H22N4/c1-11(2)18-7-5-14(6-8-18)19-15-4-3-13(16)9-12(15)10-17-19/h3-4,9-11,14H,5-8,16H2,1-2H3. The molecule has 102 valence electrons. The van der Waals surface area contributed by atoms with E-state index >= 15 is 0 Å². The maximum atomic E-state index is 5.82. The number of likely N-dealkylation sites (tertiary alicyclic amines) is 1. The van der Waals surface area contributed by atoms with Crippen LogP contribution in [0.25, 0.3) is 10.9 Å². The summed E-state index contributed by atoms with van der Waals surface area (Å²) in [6.45, 7) is 6.87. The van der Waals surface area contributed by atoms with Gasteiger partial charge in [0.2, 0.25) is 0 Å². The Labute approximate surface area is 114 Å². The van der Waals surface area contributed by atoms with Gasteiger partial charge in [-0.25, -0.2) is 0 Å². The van der Waals surface area contributed by atoms with Crippen LogP contribution < -0.4 is 5.73 Å². The van der Waals surface area contributed by atoms with Crippen LogP contribution in [0.3, 0.4) is 0 Å². The van der Waals surface area contributed by atoms with Crippen LogP contribution in [-0.4, -0.2) is 33.8 Å². The van der Waals surface area contributed by atoms with E-state index in [9.17, 15) is 0 Å². The highest BCUT2D eigenvalue weighted by Crippen LogP contribution is 2.27. The first kappa shape index (κ1) is 12.5. The smallest absolute Gasteiger partial charge is 0.0687 e. The number of rotatable bonds is 2. The first-order valence-corrected chi connectivity index (χ1v) is 7.12. The molecule has 1 aromatic carbocycles. The lowest BCUT2D eigenvalue weighted by Crippen LogP contribution is -2.39. The topological polar surface area (TPSA) is 47.1 Å². The lowest BCUT2D eigenvalue weighted by molar-refractivity contribution is 0.149. The highest BCUT2D eigenvalue weighted by Gasteiger charge is 2.23. The van der Waals surface area contributed by atoms with Crippen molar-refractivity contribution in [1.29, 1.82) is 0 Å². The van der Waals surface area contributed by atoms with Crippen LogP contribution >= 0.6 is 0 Å². The van der Waals surface area contributed by atoms with Crippen molar-refractivity contribution in [2.24, 2.45) is 0 Å². The van der Waals surface area contributed by atoms with E-state index in [-0.39, 0.29) is 0 Å². The van der Waals surface area contributed by atoms with Crippen LogP contribution in [-0.2, 0) is 0 Å². The quantitative estimate of drug-likeness (QED) is 0.842. The number of fused-ring (bicyclic) bond motifs is 1. The first-order valence-electron chi connectivity index (χ1n) is 7.12. The summed E-state index contributed by atoms with van der Waals surface area (Å²) in [6, 6.07) is 7.23.